The van der Waals surface area contributed by atoms with Gasteiger partial charge in [-0.3, -0.25) is 0 Å². The third-order valence-corrected chi connectivity index (χ3v) is 6.82. The molecule has 0 spiro atoms. The van der Waals surface area contributed by atoms with Gasteiger partial charge in [0.25, 0.3) is 0 Å². The number of aliphatic carboxylic acids is 1. The van der Waals surface area contributed by atoms with Crippen LogP contribution in [-0.2, 0) is 11.2 Å². The van der Waals surface area contributed by atoms with Crippen molar-refractivity contribution < 1.29 is 9.90 Å². The molecule has 0 bridgehead atoms. The number of pyridine rings is 1. The van der Waals surface area contributed by atoms with E-state index in [1.165, 1.54) is 22.6 Å². The first-order valence-corrected chi connectivity index (χ1v) is 12.6. The second kappa shape index (κ2) is 10.7. The highest BCUT2D eigenvalue weighted by Gasteiger charge is 2.18. The number of rotatable bonds is 8. The van der Waals surface area contributed by atoms with Crippen LogP contribution in [0.1, 0.15) is 28.8 Å². The third-order valence-electron chi connectivity index (χ3n) is 5.88. The van der Waals surface area contributed by atoms with Crippen molar-refractivity contribution in [2.75, 3.05) is 47.1 Å². The van der Waals surface area contributed by atoms with Crippen LogP contribution in [0.4, 0.5) is 17.6 Å². The minimum atomic E-state index is -1.02. The van der Waals surface area contributed by atoms with Crippen molar-refractivity contribution in [3.05, 3.63) is 52.7 Å². The van der Waals surface area contributed by atoms with Crippen LogP contribution in [0.25, 0.3) is 17.0 Å². The molecule has 0 aliphatic carbocycles. The van der Waals surface area contributed by atoms with E-state index in [4.69, 9.17) is 15.8 Å². The van der Waals surface area contributed by atoms with Crippen molar-refractivity contribution in [2.45, 2.75) is 26.7 Å². The van der Waals surface area contributed by atoms with Gasteiger partial charge in [-0.25, -0.2) is 14.8 Å². The molecule has 178 valence electrons. The summed E-state index contributed by atoms with van der Waals surface area (Å²) < 4.78 is 0. The molecule has 1 aliphatic heterocycles. The van der Waals surface area contributed by atoms with Crippen molar-refractivity contribution in [1.29, 1.82) is 0 Å². The zero-order valence-electron chi connectivity index (χ0n) is 19.5. The number of carboxylic acids is 1. The minimum Gasteiger partial charge on any atom is -0.478 e. The molecular formula is C25H30N6O2S. The van der Waals surface area contributed by atoms with Crippen molar-refractivity contribution in [3.8, 4) is 0 Å². The Labute approximate surface area is 203 Å². The quantitative estimate of drug-likeness (QED) is 0.327. The number of aryl methyl sites for hydroxylation is 3. The number of aromatic nitrogens is 3. The van der Waals surface area contributed by atoms with Gasteiger partial charge < -0.3 is 21.1 Å². The number of nitrogen functional groups attached to an aromatic ring is 1. The predicted octanol–water partition coefficient (Wildman–Crippen LogP) is 3.92. The smallest absolute Gasteiger partial charge is 0.328 e. The summed E-state index contributed by atoms with van der Waals surface area (Å²) in [4.78, 5) is 26.9. The highest BCUT2D eigenvalue weighted by atomic mass is 32.2. The first-order chi connectivity index (χ1) is 16.4. The molecule has 2 aromatic heterocycles. The SMILES string of the molecule is Cc1nc(N)nc(NCCCc2cc3cccc(C)c3nc2N2CCSCC2)c1C=CC(=O)O. The Hall–Kier alpha value is -3.33. The molecule has 0 unspecified atom stereocenters. The molecule has 0 radical (unpaired) electrons. The highest BCUT2D eigenvalue weighted by molar-refractivity contribution is 7.99. The Kier molecular flexibility index (Phi) is 7.52. The first-order valence-electron chi connectivity index (χ1n) is 11.4. The average molecular weight is 479 g/mol. The molecule has 0 saturated carbocycles. The van der Waals surface area contributed by atoms with Gasteiger partial charge in [0, 0.05) is 48.2 Å². The van der Waals surface area contributed by atoms with Crippen LogP contribution in [0.15, 0.2) is 30.3 Å². The summed E-state index contributed by atoms with van der Waals surface area (Å²) in [6.07, 6.45) is 4.31. The fourth-order valence-electron chi connectivity index (χ4n) is 4.19. The molecule has 1 aromatic carbocycles. The lowest BCUT2D eigenvalue weighted by molar-refractivity contribution is -0.131. The number of hydrogen-bond donors (Lipinski definition) is 3. The van der Waals surface area contributed by atoms with E-state index in [9.17, 15) is 4.79 Å². The van der Waals surface area contributed by atoms with E-state index >= 15 is 0 Å². The van der Waals surface area contributed by atoms with Crippen LogP contribution in [0.5, 0.6) is 0 Å². The summed E-state index contributed by atoms with van der Waals surface area (Å²) in [7, 11) is 0. The number of anilines is 3. The van der Waals surface area contributed by atoms with E-state index in [0.29, 0.717) is 23.6 Å². The largest absolute Gasteiger partial charge is 0.478 e. The summed E-state index contributed by atoms with van der Waals surface area (Å²) in [6, 6.07) is 8.59. The van der Waals surface area contributed by atoms with Gasteiger partial charge >= 0.3 is 5.97 Å². The average Bonchev–Trinajstić information content (AvgIpc) is 2.81. The van der Waals surface area contributed by atoms with Gasteiger partial charge in [-0.2, -0.15) is 16.7 Å². The fourth-order valence-corrected chi connectivity index (χ4v) is 5.09. The maximum Gasteiger partial charge on any atom is 0.328 e. The third kappa shape index (κ3) is 5.59. The summed E-state index contributed by atoms with van der Waals surface area (Å²) in [5, 5.41) is 13.5. The number of carboxylic acid groups (broad SMARTS) is 1. The monoisotopic (exact) mass is 478 g/mol. The molecule has 3 heterocycles. The van der Waals surface area contributed by atoms with Gasteiger partial charge in [0.2, 0.25) is 5.95 Å². The Morgan fingerprint density at radius 1 is 1.24 bits per heavy atom. The van der Waals surface area contributed by atoms with Gasteiger partial charge in [0.1, 0.15) is 11.6 Å². The first kappa shape index (κ1) is 23.8. The van der Waals surface area contributed by atoms with E-state index in [0.717, 1.165) is 54.8 Å². The van der Waals surface area contributed by atoms with Crippen LogP contribution in [0.3, 0.4) is 0 Å². The van der Waals surface area contributed by atoms with Gasteiger partial charge in [-0.1, -0.05) is 18.2 Å². The van der Waals surface area contributed by atoms with E-state index in [1.807, 2.05) is 11.8 Å². The topological polar surface area (TPSA) is 117 Å². The predicted molar refractivity (Wildman–Crippen MR) is 141 cm³/mol. The van der Waals surface area contributed by atoms with Crippen LogP contribution in [-0.4, -0.2) is 57.2 Å². The van der Waals surface area contributed by atoms with Crippen LogP contribution in [0, 0.1) is 13.8 Å². The molecule has 8 nitrogen and oxygen atoms in total. The lowest BCUT2D eigenvalue weighted by atomic mass is 10.0. The van der Waals surface area contributed by atoms with E-state index < -0.39 is 5.97 Å². The summed E-state index contributed by atoms with van der Waals surface area (Å²) in [6.45, 7) is 6.58. The number of para-hydroxylation sites is 1. The summed E-state index contributed by atoms with van der Waals surface area (Å²) in [5.41, 5.74) is 10.6. The maximum absolute atomic E-state index is 11.0. The molecular weight excluding hydrogens is 448 g/mol. The van der Waals surface area contributed by atoms with Crippen molar-refractivity contribution >= 4 is 52.3 Å². The molecule has 4 rings (SSSR count). The normalized spacial score (nSPS) is 14.1. The number of nitrogens with one attached hydrogen (secondary N) is 1. The van der Waals surface area contributed by atoms with Crippen molar-refractivity contribution in [3.63, 3.8) is 0 Å². The van der Waals surface area contributed by atoms with Gasteiger partial charge in [0.15, 0.2) is 0 Å². The Balaban J connectivity index is 1.52. The maximum atomic E-state index is 11.0. The van der Waals surface area contributed by atoms with Crippen LogP contribution in [0.2, 0.25) is 0 Å². The molecule has 1 aliphatic rings. The molecule has 34 heavy (non-hydrogen) atoms. The second-order valence-corrected chi connectivity index (χ2v) is 9.57. The van der Waals surface area contributed by atoms with Crippen molar-refractivity contribution in [2.24, 2.45) is 0 Å². The van der Waals surface area contributed by atoms with E-state index in [-0.39, 0.29) is 5.95 Å². The molecule has 1 fully saturated rings. The number of nitrogens with zero attached hydrogens (tertiary/aromatic N) is 4. The van der Waals surface area contributed by atoms with Gasteiger partial charge in [-0.05, 0) is 50.0 Å². The molecule has 9 heteroatoms. The standard InChI is InChI=1S/C25H30N6O2S/c1-16-5-3-6-18-15-19(24(29-22(16)18)31-11-13-34-14-12-31)7-4-10-27-23-20(8-9-21(32)33)17(2)28-25(26)30-23/h3,5-6,8-9,15H,4,7,10-14H2,1-2H3,(H,32,33)(H3,26,27,28,30). The Morgan fingerprint density at radius 2 is 2.03 bits per heavy atom. The lowest BCUT2D eigenvalue weighted by Gasteiger charge is -2.29. The molecule has 0 atom stereocenters. The Morgan fingerprint density at radius 3 is 2.79 bits per heavy atom. The lowest BCUT2D eigenvalue weighted by Crippen LogP contribution is -2.34. The van der Waals surface area contributed by atoms with Crippen molar-refractivity contribution in [1.82, 2.24) is 15.0 Å². The van der Waals surface area contributed by atoms with E-state index in [2.05, 4.69) is 51.4 Å². The number of benzene rings is 1. The zero-order chi connectivity index (χ0) is 24.1. The summed E-state index contributed by atoms with van der Waals surface area (Å²) in [5.74, 6) is 3.01. The van der Waals surface area contributed by atoms with Gasteiger partial charge in [0.05, 0.1) is 11.2 Å². The number of thioether (sulfide) groups is 1. The second-order valence-electron chi connectivity index (χ2n) is 8.35. The number of hydrogen-bond acceptors (Lipinski definition) is 8. The van der Waals surface area contributed by atoms with Gasteiger partial charge in [-0.15, -0.1) is 0 Å². The van der Waals surface area contributed by atoms with Crippen LogP contribution < -0.4 is 16.0 Å². The van der Waals surface area contributed by atoms with E-state index in [1.54, 1.807) is 6.92 Å². The molecule has 3 aromatic rings. The minimum absolute atomic E-state index is 0.159. The fraction of sp³-hybridized carbons (Fsp3) is 0.360. The van der Waals surface area contributed by atoms with Crippen LogP contribution >= 0.6 is 11.8 Å². The Bertz CT molecular complexity index is 1220. The number of nitrogens with two attached hydrogens (primary N) is 1. The molecule has 4 N–H and O–H groups in total. The summed E-state index contributed by atoms with van der Waals surface area (Å²) >= 11 is 1.99. The molecule has 1 saturated heterocycles. The molecule has 0 amide bonds. The number of carbonyl (C=O) groups is 1. The highest BCUT2D eigenvalue weighted by Crippen LogP contribution is 2.28. The zero-order valence-corrected chi connectivity index (χ0v) is 20.4. The number of fused-ring (bicyclic) bond motifs is 1.